The molecule has 3 heteroatoms. The van der Waals surface area contributed by atoms with Gasteiger partial charge in [0.15, 0.2) is 0 Å². The highest BCUT2D eigenvalue weighted by molar-refractivity contribution is 5.80. The molecule has 98 valence electrons. The van der Waals surface area contributed by atoms with Gasteiger partial charge in [0.2, 0.25) is 5.91 Å². The van der Waals surface area contributed by atoms with Gasteiger partial charge in [-0.3, -0.25) is 4.79 Å². The quantitative estimate of drug-likeness (QED) is 0.713. The Bertz CT molecular complexity index is 257. The summed E-state index contributed by atoms with van der Waals surface area (Å²) in [7, 11) is 0. The summed E-state index contributed by atoms with van der Waals surface area (Å²) in [5.74, 6) is 2.21. The third-order valence-electron chi connectivity index (χ3n) is 3.82. The molecule has 0 aromatic carbocycles. The number of carbonyl (C=O) groups excluding carboxylic acids is 1. The van der Waals surface area contributed by atoms with E-state index < -0.39 is 6.10 Å². The van der Waals surface area contributed by atoms with Crippen LogP contribution in [-0.2, 0) is 4.79 Å². The molecule has 2 aliphatic carbocycles. The van der Waals surface area contributed by atoms with Crippen molar-refractivity contribution in [3.05, 3.63) is 0 Å². The van der Waals surface area contributed by atoms with Crippen molar-refractivity contribution in [3.63, 3.8) is 0 Å². The maximum absolute atomic E-state index is 12.1. The van der Waals surface area contributed by atoms with Gasteiger partial charge in [-0.2, -0.15) is 0 Å². The van der Waals surface area contributed by atoms with Crippen molar-refractivity contribution < 1.29 is 9.90 Å². The van der Waals surface area contributed by atoms with E-state index in [0.717, 1.165) is 6.42 Å². The SMILES string of the molecule is CC(C)CC(O)CNC(=O)C(C1CC1)C1CC1. The Kier molecular flexibility index (Phi) is 4.08. The fraction of sp³-hybridized carbons (Fsp3) is 0.929. The predicted molar refractivity (Wildman–Crippen MR) is 67.4 cm³/mol. The highest BCUT2D eigenvalue weighted by Gasteiger charge is 2.45. The third kappa shape index (κ3) is 3.98. The van der Waals surface area contributed by atoms with Crippen LogP contribution in [0.5, 0.6) is 0 Å². The molecule has 3 nitrogen and oxygen atoms in total. The molecule has 2 rings (SSSR count). The van der Waals surface area contributed by atoms with E-state index in [1.54, 1.807) is 0 Å². The first-order valence-corrected chi connectivity index (χ1v) is 7.03. The van der Waals surface area contributed by atoms with Gasteiger partial charge in [-0.05, 0) is 49.9 Å². The van der Waals surface area contributed by atoms with Gasteiger partial charge in [0.1, 0.15) is 0 Å². The summed E-state index contributed by atoms with van der Waals surface area (Å²) in [6.07, 6.45) is 5.27. The van der Waals surface area contributed by atoms with Crippen molar-refractivity contribution in [3.8, 4) is 0 Å². The zero-order valence-corrected chi connectivity index (χ0v) is 11.0. The second-order valence-corrected chi connectivity index (χ2v) is 6.23. The van der Waals surface area contributed by atoms with Crippen molar-refractivity contribution in [2.45, 2.75) is 52.1 Å². The molecule has 0 radical (unpaired) electrons. The van der Waals surface area contributed by atoms with Crippen LogP contribution in [0, 0.1) is 23.7 Å². The van der Waals surface area contributed by atoms with Gasteiger partial charge in [-0.1, -0.05) is 13.8 Å². The number of carbonyl (C=O) groups is 1. The van der Waals surface area contributed by atoms with Crippen molar-refractivity contribution in [1.29, 1.82) is 0 Å². The average molecular weight is 239 g/mol. The molecule has 0 saturated heterocycles. The minimum atomic E-state index is -0.391. The molecule has 1 unspecified atom stereocenters. The molecule has 2 fully saturated rings. The Labute approximate surface area is 104 Å². The van der Waals surface area contributed by atoms with E-state index in [9.17, 15) is 9.90 Å². The standard InChI is InChI=1S/C14H25NO2/c1-9(2)7-12(16)8-15-14(17)13(10-3-4-10)11-5-6-11/h9-13,16H,3-8H2,1-2H3,(H,15,17). The van der Waals surface area contributed by atoms with E-state index in [2.05, 4.69) is 19.2 Å². The molecule has 2 N–H and O–H groups in total. The van der Waals surface area contributed by atoms with Gasteiger partial charge in [-0.15, -0.1) is 0 Å². The smallest absolute Gasteiger partial charge is 0.223 e. The Morgan fingerprint density at radius 3 is 2.18 bits per heavy atom. The Morgan fingerprint density at radius 2 is 1.76 bits per heavy atom. The fourth-order valence-corrected chi connectivity index (χ4v) is 2.69. The number of nitrogens with one attached hydrogen (secondary N) is 1. The lowest BCUT2D eigenvalue weighted by molar-refractivity contribution is -0.126. The molecule has 0 aromatic heterocycles. The maximum atomic E-state index is 12.1. The van der Waals surface area contributed by atoms with Gasteiger partial charge >= 0.3 is 0 Å². The predicted octanol–water partition coefficient (Wildman–Crippen LogP) is 1.95. The van der Waals surface area contributed by atoms with Crippen LogP contribution in [0.25, 0.3) is 0 Å². The van der Waals surface area contributed by atoms with E-state index >= 15 is 0 Å². The topological polar surface area (TPSA) is 49.3 Å². The number of amides is 1. The minimum Gasteiger partial charge on any atom is -0.391 e. The normalized spacial score (nSPS) is 21.9. The molecule has 0 bridgehead atoms. The average Bonchev–Trinajstić information content (AvgIpc) is 3.08. The second-order valence-electron chi connectivity index (χ2n) is 6.23. The lowest BCUT2D eigenvalue weighted by Crippen LogP contribution is -2.38. The Balaban J connectivity index is 1.72. The summed E-state index contributed by atoms with van der Waals surface area (Å²) in [6.45, 7) is 4.59. The van der Waals surface area contributed by atoms with Gasteiger partial charge in [0.05, 0.1) is 6.10 Å². The molecule has 0 aliphatic heterocycles. The first-order valence-electron chi connectivity index (χ1n) is 7.03. The molecule has 1 atom stereocenters. The number of hydrogen-bond donors (Lipinski definition) is 2. The summed E-state index contributed by atoms with van der Waals surface area (Å²) < 4.78 is 0. The van der Waals surface area contributed by atoms with Crippen LogP contribution in [0.4, 0.5) is 0 Å². The second kappa shape index (κ2) is 5.38. The van der Waals surface area contributed by atoms with E-state index in [4.69, 9.17) is 0 Å². The van der Waals surface area contributed by atoms with Crippen LogP contribution < -0.4 is 5.32 Å². The fourth-order valence-electron chi connectivity index (χ4n) is 2.69. The summed E-state index contributed by atoms with van der Waals surface area (Å²) >= 11 is 0. The lowest BCUT2D eigenvalue weighted by atomic mass is 9.96. The van der Waals surface area contributed by atoms with E-state index in [0.29, 0.717) is 24.3 Å². The number of aliphatic hydroxyl groups is 1. The summed E-state index contributed by atoms with van der Waals surface area (Å²) in [6, 6.07) is 0. The van der Waals surface area contributed by atoms with Crippen LogP contribution in [0.3, 0.4) is 0 Å². The largest absolute Gasteiger partial charge is 0.391 e. The van der Waals surface area contributed by atoms with Crippen molar-refractivity contribution in [2.75, 3.05) is 6.54 Å². The van der Waals surface area contributed by atoms with Crippen LogP contribution in [0.1, 0.15) is 46.0 Å². The first kappa shape index (κ1) is 12.9. The van der Waals surface area contributed by atoms with Gasteiger partial charge in [0.25, 0.3) is 0 Å². The molecule has 2 saturated carbocycles. The zero-order chi connectivity index (χ0) is 12.4. The molecule has 0 spiro atoms. The Hall–Kier alpha value is -0.570. The number of hydrogen-bond acceptors (Lipinski definition) is 2. The van der Waals surface area contributed by atoms with Crippen LogP contribution in [0.15, 0.2) is 0 Å². The number of rotatable bonds is 7. The zero-order valence-electron chi connectivity index (χ0n) is 11.0. The van der Waals surface area contributed by atoms with Gasteiger partial charge in [-0.25, -0.2) is 0 Å². The molecule has 2 aliphatic rings. The van der Waals surface area contributed by atoms with Gasteiger partial charge in [0, 0.05) is 12.5 Å². The molecule has 1 amide bonds. The van der Waals surface area contributed by atoms with E-state index in [-0.39, 0.29) is 11.8 Å². The van der Waals surface area contributed by atoms with Crippen molar-refractivity contribution in [1.82, 2.24) is 5.32 Å². The van der Waals surface area contributed by atoms with Crippen LogP contribution in [-0.4, -0.2) is 23.7 Å². The molecular formula is C14H25NO2. The third-order valence-corrected chi connectivity index (χ3v) is 3.82. The number of aliphatic hydroxyl groups excluding tert-OH is 1. The minimum absolute atomic E-state index is 0.192. The van der Waals surface area contributed by atoms with E-state index in [1.165, 1.54) is 25.7 Å². The van der Waals surface area contributed by atoms with Crippen molar-refractivity contribution in [2.24, 2.45) is 23.7 Å². The molecule has 17 heavy (non-hydrogen) atoms. The highest BCUT2D eigenvalue weighted by atomic mass is 16.3. The molecular weight excluding hydrogens is 214 g/mol. The summed E-state index contributed by atoms with van der Waals surface area (Å²) in [4.78, 5) is 12.1. The first-order chi connectivity index (χ1) is 8.08. The molecule has 0 heterocycles. The van der Waals surface area contributed by atoms with Gasteiger partial charge < -0.3 is 10.4 Å². The van der Waals surface area contributed by atoms with Crippen LogP contribution in [0.2, 0.25) is 0 Å². The van der Waals surface area contributed by atoms with Crippen molar-refractivity contribution >= 4 is 5.91 Å². The highest BCUT2D eigenvalue weighted by Crippen LogP contribution is 2.49. The van der Waals surface area contributed by atoms with E-state index in [1.807, 2.05) is 0 Å². The summed E-state index contributed by atoms with van der Waals surface area (Å²) in [5.41, 5.74) is 0. The maximum Gasteiger partial charge on any atom is 0.223 e. The Morgan fingerprint density at radius 1 is 1.24 bits per heavy atom. The lowest BCUT2D eigenvalue weighted by Gasteiger charge is -2.18. The molecule has 0 aromatic rings. The summed E-state index contributed by atoms with van der Waals surface area (Å²) in [5, 5.41) is 12.7. The monoisotopic (exact) mass is 239 g/mol. The van der Waals surface area contributed by atoms with Crippen LogP contribution >= 0.6 is 0 Å².